The molecule has 1 aromatic rings. The molecule has 0 fully saturated rings. The number of amides is 1. The summed E-state index contributed by atoms with van der Waals surface area (Å²) in [5, 5.41) is 7.85. The second-order valence-electron chi connectivity index (χ2n) is 4.15. The van der Waals surface area contributed by atoms with Gasteiger partial charge in [-0.1, -0.05) is 15.9 Å². The van der Waals surface area contributed by atoms with Gasteiger partial charge in [-0.05, 0) is 26.3 Å². The molecule has 0 spiro atoms. The van der Waals surface area contributed by atoms with Crippen molar-refractivity contribution < 1.29 is 4.79 Å². The van der Waals surface area contributed by atoms with Gasteiger partial charge in [0, 0.05) is 24.1 Å². The van der Waals surface area contributed by atoms with Gasteiger partial charge in [0.2, 0.25) is 0 Å². The van der Waals surface area contributed by atoms with Crippen LogP contribution < -0.4 is 5.32 Å². The van der Waals surface area contributed by atoms with E-state index in [-0.39, 0.29) is 11.4 Å². The molecule has 1 aromatic heterocycles. The summed E-state index contributed by atoms with van der Waals surface area (Å²) in [6.45, 7) is 3.99. The minimum atomic E-state index is -0.210. The van der Waals surface area contributed by atoms with Crippen LogP contribution in [0.1, 0.15) is 30.8 Å². The third kappa shape index (κ3) is 3.66. The Bertz CT molecular complexity index is 346. The van der Waals surface area contributed by atoms with Crippen LogP contribution in [0.5, 0.6) is 0 Å². The van der Waals surface area contributed by atoms with Crippen molar-refractivity contribution in [1.82, 2.24) is 15.1 Å². The Kier molecular flexibility index (Phi) is 3.90. The van der Waals surface area contributed by atoms with Gasteiger partial charge >= 0.3 is 0 Å². The zero-order valence-corrected chi connectivity index (χ0v) is 10.8. The number of carbonyl (C=O) groups excluding carboxylic acids is 1. The summed E-state index contributed by atoms with van der Waals surface area (Å²) in [6.07, 6.45) is 2.64. The summed E-state index contributed by atoms with van der Waals surface area (Å²) in [5.74, 6) is -0.124. The topological polar surface area (TPSA) is 46.9 Å². The molecule has 0 aliphatic carbocycles. The number of hydrogen-bond acceptors (Lipinski definition) is 2. The Morgan fingerprint density at radius 3 is 2.80 bits per heavy atom. The number of halogens is 1. The molecule has 0 aliphatic heterocycles. The molecule has 0 radical (unpaired) electrons. The average Bonchev–Trinajstić information content (AvgIpc) is 2.50. The van der Waals surface area contributed by atoms with Gasteiger partial charge in [-0.15, -0.1) is 0 Å². The van der Waals surface area contributed by atoms with Crippen molar-refractivity contribution in [3.05, 3.63) is 18.0 Å². The third-order valence-electron chi connectivity index (χ3n) is 2.12. The maximum Gasteiger partial charge on any atom is 0.272 e. The first kappa shape index (κ1) is 12.2. The number of alkyl halides is 1. The Labute approximate surface area is 98.2 Å². The van der Waals surface area contributed by atoms with Gasteiger partial charge in [0.1, 0.15) is 5.69 Å². The molecule has 5 heteroatoms. The second kappa shape index (κ2) is 4.79. The fourth-order valence-electron chi connectivity index (χ4n) is 1.21. The van der Waals surface area contributed by atoms with E-state index >= 15 is 0 Å². The van der Waals surface area contributed by atoms with Crippen LogP contribution in [-0.4, -0.2) is 26.6 Å². The first-order valence-electron chi connectivity index (χ1n) is 4.83. The maximum atomic E-state index is 11.7. The zero-order chi connectivity index (χ0) is 11.5. The molecule has 15 heavy (non-hydrogen) atoms. The number of rotatable bonds is 4. The van der Waals surface area contributed by atoms with E-state index in [0.717, 1.165) is 11.8 Å². The van der Waals surface area contributed by atoms with Gasteiger partial charge in [0.25, 0.3) is 5.91 Å². The van der Waals surface area contributed by atoms with E-state index in [9.17, 15) is 4.79 Å². The minimum absolute atomic E-state index is 0.124. The highest BCUT2D eigenvalue weighted by Gasteiger charge is 2.21. The molecular weight excluding hydrogens is 258 g/mol. The Balaban J connectivity index is 2.63. The zero-order valence-electron chi connectivity index (χ0n) is 9.25. The van der Waals surface area contributed by atoms with Gasteiger partial charge < -0.3 is 5.32 Å². The van der Waals surface area contributed by atoms with Gasteiger partial charge in [-0.25, -0.2) is 0 Å². The summed E-state index contributed by atoms with van der Waals surface area (Å²) in [6, 6.07) is 1.71. The van der Waals surface area contributed by atoms with E-state index in [1.807, 2.05) is 13.8 Å². The molecule has 0 saturated heterocycles. The number of carbonyl (C=O) groups is 1. The molecule has 1 amide bonds. The molecule has 0 atom stereocenters. The van der Waals surface area contributed by atoms with Gasteiger partial charge in [-0.3, -0.25) is 9.48 Å². The monoisotopic (exact) mass is 273 g/mol. The number of nitrogens with zero attached hydrogens (tertiary/aromatic N) is 2. The molecule has 0 bridgehead atoms. The lowest BCUT2D eigenvalue weighted by Crippen LogP contribution is -2.43. The van der Waals surface area contributed by atoms with E-state index < -0.39 is 0 Å². The lowest BCUT2D eigenvalue weighted by molar-refractivity contribution is 0.0906. The standard InChI is InChI=1S/C10H16BrN3O/c1-10(2,5-6-11)12-9(15)8-4-7-14(3)13-8/h4,7H,5-6H2,1-3H3,(H,12,15). The van der Waals surface area contributed by atoms with Gasteiger partial charge in [-0.2, -0.15) is 5.10 Å². The molecule has 0 saturated carbocycles. The fraction of sp³-hybridized carbons (Fsp3) is 0.600. The number of hydrogen-bond donors (Lipinski definition) is 1. The Hall–Kier alpha value is -0.840. The molecule has 1 rings (SSSR count). The van der Waals surface area contributed by atoms with E-state index in [0.29, 0.717) is 5.69 Å². The number of nitrogens with one attached hydrogen (secondary N) is 1. The predicted octanol–water partition coefficient (Wildman–Crippen LogP) is 1.71. The van der Waals surface area contributed by atoms with Crippen LogP contribution in [0.3, 0.4) is 0 Å². The predicted molar refractivity (Wildman–Crippen MR) is 63.2 cm³/mol. The smallest absolute Gasteiger partial charge is 0.272 e. The fourth-order valence-corrected chi connectivity index (χ4v) is 2.20. The van der Waals surface area contributed by atoms with Crippen molar-refractivity contribution in [2.75, 3.05) is 5.33 Å². The van der Waals surface area contributed by atoms with E-state index in [2.05, 4.69) is 26.3 Å². The molecule has 4 nitrogen and oxygen atoms in total. The third-order valence-corrected chi connectivity index (χ3v) is 2.51. The van der Waals surface area contributed by atoms with Crippen molar-refractivity contribution in [2.24, 2.45) is 7.05 Å². The molecule has 0 aliphatic rings. The molecule has 0 unspecified atom stereocenters. The van der Waals surface area contributed by atoms with E-state index in [1.165, 1.54) is 0 Å². The van der Waals surface area contributed by atoms with Crippen LogP contribution in [0.15, 0.2) is 12.3 Å². The summed E-state index contributed by atoms with van der Waals surface area (Å²) in [5.41, 5.74) is 0.248. The largest absolute Gasteiger partial charge is 0.346 e. The average molecular weight is 274 g/mol. The molecule has 0 aromatic carbocycles. The second-order valence-corrected chi connectivity index (χ2v) is 4.94. The highest BCUT2D eigenvalue weighted by atomic mass is 79.9. The quantitative estimate of drug-likeness (QED) is 0.850. The molecule has 1 heterocycles. The van der Waals surface area contributed by atoms with Crippen molar-refractivity contribution in [2.45, 2.75) is 25.8 Å². The minimum Gasteiger partial charge on any atom is -0.346 e. The van der Waals surface area contributed by atoms with Crippen LogP contribution in [-0.2, 0) is 7.05 Å². The maximum absolute atomic E-state index is 11.7. The first-order valence-corrected chi connectivity index (χ1v) is 5.95. The molecular formula is C10H16BrN3O. The number of aromatic nitrogens is 2. The van der Waals surface area contributed by atoms with Crippen LogP contribution in [0, 0.1) is 0 Å². The summed E-state index contributed by atoms with van der Waals surface area (Å²) >= 11 is 3.36. The van der Waals surface area contributed by atoms with Crippen molar-refractivity contribution >= 4 is 21.8 Å². The molecule has 84 valence electrons. The Morgan fingerprint density at radius 2 is 2.33 bits per heavy atom. The van der Waals surface area contributed by atoms with E-state index in [4.69, 9.17) is 0 Å². The van der Waals surface area contributed by atoms with Crippen molar-refractivity contribution in [3.8, 4) is 0 Å². The lowest BCUT2D eigenvalue weighted by Gasteiger charge is -2.24. The van der Waals surface area contributed by atoms with Gasteiger partial charge in [0.15, 0.2) is 0 Å². The highest BCUT2D eigenvalue weighted by Crippen LogP contribution is 2.11. The van der Waals surface area contributed by atoms with Crippen molar-refractivity contribution in [3.63, 3.8) is 0 Å². The summed E-state index contributed by atoms with van der Waals surface area (Å²) < 4.78 is 1.62. The van der Waals surface area contributed by atoms with Crippen molar-refractivity contribution in [1.29, 1.82) is 0 Å². The van der Waals surface area contributed by atoms with E-state index in [1.54, 1.807) is 24.0 Å². The SMILES string of the molecule is Cn1ccc(C(=O)NC(C)(C)CCBr)n1. The van der Waals surface area contributed by atoms with Crippen LogP contribution in [0.2, 0.25) is 0 Å². The molecule has 1 N–H and O–H groups in total. The highest BCUT2D eigenvalue weighted by molar-refractivity contribution is 9.09. The van der Waals surface area contributed by atoms with Crippen LogP contribution in [0.4, 0.5) is 0 Å². The number of aryl methyl sites for hydroxylation is 1. The van der Waals surface area contributed by atoms with Gasteiger partial charge in [0.05, 0.1) is 0 Å². The van der Waals surface area contributed by atoms with Crippen LogP contribution >= 0.6 is 15.9 Å². The lowest BCUT2D eigenvalue weighted by atomic mass is 10.0. The normalized spacial score (nSPS) is 11.5. The Morgan fingerprint density at radius 1 is 1.67 bits per heavy atom. The summed E-state index contributed by atoms with van der Waals surface area (Å²) in [4.78, 5) is 11.7. The first-order chi connectivity index (χ1) is 6.94. The summed E-state index contributed by atoms with van der Waals surface area (Å²) in [7, 11) is 1.79. The van der Waals surface area contributed by atoms with Crippen LogP contribution in [0.25, 0.3) is 0 Å².